The van der Waals surface area contributed by atoms with Crippen molar-refractivity contribution >= 4 is 11.9 Å². The third-order valence-corrected chi connectivity index (χ3v) is 11.4. The third kappa shape index (κ3) is 59.3. The molecule has 0 aliphatic rings. The first-order valence-electron chi connectivity index (χ1n) is 29.0. The summed E-state index contributed by atoms with van der Waals surface area (Å²) < 4.78 is 10.7. The van der Waals surface area contributed by atoms with Crippen LogP contribution in [0.25, 0.3) is 0 Å². The highest BCUT2D eigenvalue weighted by molar-refractivity contribution is 5.70. The summed E-state index contributed by atoms with van der Waals surface area (Å²) >= 11 is 0. The first kappa shape index (κ1) is 68.7. The molecule has 0 aliphatic carbocycles. The molecule has 0 radical (unpaired) electrons. The van der Waals surface area contributed by atoms with Crippen LogP contribution >= 0.6 is 0 Å². The first-order valence-corrected chi connectivity index (χ1v) is 29.0. The lowest BCUT2D eigenvalue weighted by Crippen LogP contribution is -2.28. The van der Waals surface area contributed by atoms with Crippen LogP contribution in [0.1, 0.15) is 206 Å². The molecule has 0 spiro atoms. The van der Waals surface area contributed by atoms with Crippen molar-refractivity contribution in [3.8, 4) is 0 Å². The van der Waals surface area contributed by atoms with Gasteiger partial charge in [0.05, 0.1) is 6.61 Å². The SMILES string of the molecule is CC/C=C\C/C=C\C/C=C\C/C=C\C/C=C\C/C=C\C/C=C\C/C=C\C/C=C\C/C=C\C/C=C\C/C=C\CCCCC(=O)OC(CO)COC(=O)CCCCCCCCCC/C=C\C/C=C\C/C=C\C/C=C\CC. The molecule has 1 N–H and O–H groups in total. The molecule has 0 aromatic heterocycles. The molecule has 5 nitrogen and oxygen atoms in total. The molecule has 1 atom stereocenters. The predicted octanol–water partition coefficient (Wildman–Crippen LogP) is 20.1. The molecule has 0 aromatic carbocycles. The molecular formula is C69H104O5. The summed E-state index contributed by atoms with van der Waals surface area (Å²) in [5.41, 5.74) is 0. The van der Waals surface area contributed by atoms with Crippen molar-refractivity contribution in [1.82, 2.24) is 0 Å². The Labute approximate surface area is 454 Å². The van der Waals surface area contributed by atoms with Gasteiger partial charge in [0.2, 0.25) is 0 Å². The fourth-order valence-electron chi connectivity index (χ4n) is 7.11. The molecule has 0 bridgehead atoms. The molecule has 0 aromatic rings. The molecule has 0 heterocycles. The lowest BCUT2D eigenvalue weighted by atomic mass is 10.1. The second kappa shape index (κ2) is 62.0. The van der Waals surface area contributed by atoms with E-state index in [0.29, 0.717) is 12.8 Å². The van der Waals surface area contributed by atoms with Gasteiger partial charge >= 0.3 is 11.9 Å². The van der Waals surface area contributed by atoms with Gasteiger partial charge in [0.1, 0.15) is 6.61 Å². The fraction of sp³-hybridized carbons (Fsp3) is 0.507. The molecule has 0 amide bonds. The smallest absolute Gasteiger partial charge is 0.306 e. The summed E-state index contributed by atoms with van der Waals surface area (Å²) in [5.74, 6) is -0.668. The van der Waals surface area contributed by atoms with Crippen LogP contribution in [-0.4, -0.2) is 36.4 Å². The average Bonchev–Trinajstić information content (AvgIpc) is 3.40. The number of hydrogen-bond acceptors (Lipinski definition) is 5. The van der Waals surface area contributed by atoms with Gasteiger partial charge in [0.15, 0.2) is 6.10 Å². The minimum atomic E-state index is -0.815. The molecule has 410 valence electrons. The Bertz CT molecular complexity index is 1760. The molecule has 0 rings (SSSR count). The van der Waals surface area contributed by atoms with Crippen molar-refractivity contribution in [1.29, 1.82) is 0 Å². The van der Waals surface area contributed by atoms with Crippen molar-refractivity contribution in [3.05, 3.63) is 194 Å². The van der Waals surface area contributed by atoms with Crippen LogP contribution in [0.2, 0.25) is 0 Å². The summed E-state index contributed by atoms with van der Waals surface area (Å²) in [6.07, 6.45) is 99.7. The molecule has 0 aliphatic heterocycles. The summed E-state index contributed by atoms with van der Waals surface area (Å²) in [5, 5.41) is 9.65. The van der Waals surface area contributed by atoms with E-state index in [-0.39, 0.29) is 31.6 Å². The van der Waals surface area contributed by atoms with Gasteiger partial charge in [0, 0.05) is 12.8 Å². The highest BCUT2D eigenvalue weighted by Gasteiger charge is 2.16. The van der Waals surface area contributed by atoms with E-state index in [1.54, 1.807) is 0 Å². The van der Waals surface area contributed by atoms with Crippen LogP contribution in [-0.2, 0) is 19.1 Å². The molecular weight excluding hydrogens is 909 g/mol. The zero-order chi connectivity index (χ0) is 53.4. The normalized spacial score (nSPS) is 13.7. The second-order valence-corrected chi connectivity index (χ2v) is 18.2. The highest BCUT2D eigenvalue weighted by Crippen LogP contribution is 2.12. The summed E-state index contributed by atoms with van der Waals surface area (Å²) in [6, 6.07) is 0. The molecule has 5 heteroatoms. The van der Waals surface area contributed by atoms with Crippen molar-refractivity contribution in [2.24, 2.45) is 0 Å². The van der Waals surface area contributed by atoms with Gasteiger partial charge in [-0.15, -0.1) is 0 Å². The van der Waals surface area contributed by atoms with Gasteiger partial charge in [-0.25, -0.2) is 0 Å². The quantitative estimate of drug-likeness (QED) is 0.0373. The maximum atomic E-state index is 12.3. The van der Waals surface area contributed by atoms with Gasteiger partial charge in [-0.2, -0.15) is 0 Å². The average molecular weight is 1010 g/mol. The van der Waals surface area contributed by atoms with Crippen molar-refractivity contribution in [3.63, 3.8) is 0 Å². The summed E-state index contributed by atoms with van der Waals surface area (Å²) in [6.45, 7) is 3.85. The standard InChI is InChI=1S/C69H104O5/c1-3-5-7-9-11-13-15-17-19-21-23-25-26-27-28-29-30-31-32-33-34-35-36-37-38-39-40-41-42-44-46-48-50-52-54-56-58-60-62-64-69(72)74-67(65-70)66-73-68(71)63-61-59-57-55-53-51-49-47-45-43-24-22-20-18-16-14-12-10-8-6-4-2/h5-8,11-14,17-20,23-25,27-28,30-31,33-34,36-37,39-40,42-44,48,50,54,56,67,70H,3-4,9-10,15-16,21-22,26,29,32,35,38,41,45-47,49,51-53,55,57-66H2,1-2H3/b7-5-,8-6-,13-11-,14-12-,19-17-,20-18-,25-23-,28-27-,31-30-,34-33-,37-36-,40-39-,43-24-,44-42-,50-48-,56-54-. The van der Waals surface area contributed by atoms with E-state index in [4.69, 9.17) is 9.47 Å². The van der Waals surface area contributed by atoms with E-state index in [1.807, 2.05) is 0 Å². The van der Waals surface area contributed by atoms with Gasteiger partial charge in [0.25, 0.3) is 0 Å². The van der Waals surface area contributed by atoms with Gasteiger partial charge in [-0.3, -0.25) is 9.59 Å². The molecule has 0 fully saturated rings. The first-order chi connectivity index (χ1) is 36.6. The monoisotopic (exact) mass is 1010 g/mol. The Kier molecular flexibility index (Phi) is 57.6. The minimum Gasteiger partial charge on any atom is -0.462 e. The van der Waals surface area contributed by atoms with Gasteiger partial charge in [-0.1, -0.05) is 247 Å². The van der Waals surface area contributed by atoms with E-state index < -0.39 is 6.10 Å². The fourth-order valence-corrected chi connectivity index (χ4v) is 7.11. The largest absolute Gasteiger partial charge is 0.462 e. The van der Waals surface area contributed by atoms with E-state index >= 15 is 0 Å². The second-order valence-electron chi connectivity index (χ2n) is 18.2. The number of carbonyl (C=O) groups excluding carboxylic acids is 2. The maximum absolute atomic E-state index is 12.3. The van der Waals surface area contributed by atoms with Crippen LogP contribution < -0.4 is 0 Å². The van der Waals surface area contributed by atoms with Crippen molar-refractivity contribution < 1.29 is 24.2 Å². The number of aliphatic hydroxyl groups excluding tert-OH is 1. The number of unbranched alkanes of at least 4 members (excludes halogenated alkanes) is 10. The van der Waals surface area contributed by atoms with Crippen LogP contribution in [0.3, 0.4) is 0 Å². The highest BCUT2D eigenvalue weighted by atomic mass is 16.6. The number of allylic oxidation sites excluding steroid dienone is 32. The van der Waals surface area contributed by atoms with Crippen LogP contribution in [0.15, 0.2) is 194 Å². The van der Waals surface area contributed by atoms with E-state index in [1.165, 1.54) is 32.1 Å². The number of esters is 2. The zero-order valence-electron chi connectivity index (χ0n) is 46.8. The van der Waals surface area contributed by atoms with E-state index in [9.17, 15) is 14.7 Å². The van der Waals surface area contributed by atoms with E-state index in [2.05, 4.69) is 208 Å². The predicted molar refractivity (Wildman–Crippen MR) is 324 cm³/mol. The van der Waals surface area contributed by atoms with Gasteiger partial charge in [-0.05, 0) is 141 Å². The lowest BCUT2D eigenvalue weighted by molar-refractivity contribution is -0.161. The minimum absolute atomic E-state index is 0.102. The zero-order valence-corrected chi connectivity index (χ0v) is 46.8. The van der Waals surface area contributed by atoms with Crippen LogP contribution in [0.4, 0.5) is 0 Å². The third-order valence-electron chi connectivity index (χ3n) is 11.4. The Morgan fingerprint density at radius 3 is 0.838 bits per heavy atom. The Morgan fingerprint density at radius 2 is 0.541 bits per heavy atom. The Hall–Kier alpha value is -5.26. The number of aliphatic hydroxyl groups is 1. The number of ether oxygens (including phenoxy) is 2. The van der Waals surface area contributed by atoms with E-state index in [0.717, 1.165) is 141 Å². The van der Waals surface area contributed by atoms with Gasteiger partial charge < -0.3 is 14.6 Å². The Balaban J connectivity index is 3.72. The topological polar surface area (TPSA) is 72.8 Å². The summed E-state index contributed by atoms with van der Waals surface area (Å²) in [7, 11) is 0. The lowest BCUT2D eigenvalue weighted by Gasteiger charge is -2.15. The molecule has 0 saturated carbocycles. The number of rotatable bonds is 50. The van der Waals surface area contributed by atoms with Crippen molar-refractivity contribution in [2.45, 2.75) is 213 Å². The molecule has 74 heavy (non-hydrogen) atoms. The summed E-state index contributed by atoms with van der Waals surface area (Å²) in [4.78, 5) is 24.5. The number of carbonyl (C=O) groups is 2. The molecule has 1 unspecified atom stereocenters. The Morgan fingerprint density at radius 1 is 0.311 bits per heavy atom. The van der Waals surface area contributed by atoms with Crippen LogP contribution in [0, 0.1) is 0 Å². The van der Waals surface area contributed by atoms with Crippen LogP contribution in [0.5, 0.6) is 0 Å². The van der Waals surface area contributed by atoms with Crippen molar-refractivity contribution in [2.75, 3.05) is 13.2 Å². The number of hydrogen-bond donors (Lipinski definition) is 1. The maximum Gasteiger partial charge on any atom is 0.306 e. The molecule has 0 saturated heterocycles.